The van der Waals surface area contributed by atoms with E-state index in [2.05, 4.69) is 10.4 Å². The van der Waals surface area contributed by atoms with Crippen LogP contribution < -0.4 is 4.90 Å². The third-order valence-corrected chi connectivity index (χ3v) is 8.09. The summed E-state index contributed by atoms with van der Waals surface area (Å²) in [5.74, 6) is 0. The van der Waals surface area contributed by atoms with Gasteiger partial charge in [0.25, 0.3) is 10.0 Å². The number of nitrogens with zero attached hydrogens (tertiary/aromatic N) is 2. The van der Waals surface area contributed by atoms with E-state index in [0.29, 0.717) is 21.6 Å². The molecule has 3 heterocycles. The first-order valence-electron chi connectivity index (χ1n) is 6.95. The standard InChI is InChI=1S/C13H16ClN3O2S3/c1-10-15-11(9-20-10)8-16-4-6-17(7-5-16)22(18,19)13-3-2-12(14)21-13/h2-3,9H,4-8H2,1H3/p+1. The number of aromatic nitrogens is 1. The van der Waals surface area contributed by atoms with Crippen molar-refractivity contribution in [3.63, 3.8) is 0 Å². The molecule has 0 saturated carbocycles. The minimum atomic E-state index is -3.39. The van der Waals surface area contributed by atoms with Crippen molar-refractivity contribution in [3.05, 3.63) is 32.6 Å². The molecule has 0 bridgehead atoms. The van der Waals surface area contributed by atoms with E-state index in [-0.39, 0.29) is 0 Å². The summed E-state index contributed by atoms with van der Waals surface area (Å²) in [4.78, 5) is 5.85. The quantitative estimate of drug-likeness (QED) is 0.871. The predicted octanol–water partition coefficient (Wildman–Crippen LogP) is 1.26. The zero-order valence-corrected chi connectivity index (χ0v) is 15.3. The van der Waals surface area contributed by atoms with Gasteiger partial charge in [-0.3, -0.25) is 0 Å². The molecule has 0 aliphatic carbocycles. The second-order valence-corrected chi connectivity index (χ2v) is 10.2. The molecule has 3 rings (SSSR count). The average Bonchev–Trinajstić information content (AvgIpc) is 3.09. The van der Waals surface area contributed by atoms with Crippen molar-refractivity contribution in [2.75, 3.05) is 26.2 Å². The Morgan fingerprint density at radius 1 is 1.36 bits per heavy atom. The Morgan fingerprint density at radius 3 is 2.64 bits per heavy atom. The molecule has 0 aromatic carbocycles. The molecule has 1 N–H and O–H groups in total. The third-order valence-electron chi connectivity index (χ3n) is 3.67. The van der Waals surface area contributed by atoms with E-state index in [9.17, 15) is 8.42 Å². The Hall–Kier alpha value is -0.510. The van der Waals surface area contributed by atoms with Crippen molar-refractivity contribution < 1.29 is 13.3 Å². The summed E-state index contributed by atoms with van der Waals surface area (Å²) < 4.78 is 27.4. The van der Waals surface area contributed by atoms with Crippen molar-refractivity contribution in [3.8, 4) is 0 Å². The fourth-order valence-corrected chi connectivity index (χ4v) is 6.22. The van der Waals surface area contributed by atoms with Crippen LogP contribution in [0.4, 0.5) is 0 Å². The number of aryl methyl sites for hydroxylation is 1. The van der Waals surface area contributed by atoms with Crippen LogP contribution in [0.2, 0.25) is 4.34 Å². The minimum Gasteiger partial charge on any atom is -0.328 e. The van der Waals surface area contributed by atoms with Gasteiger partial charge < -0.3 is 4.90 Å². The molecule has 2 aromatic rings. The molecule has 0 atom stereocenters. The second-order valence-electron chi connectivity index (χ2n) is 5.25. The lowest BCUT2D eigenvalue weighted by atomic mass is 10.3. The maximum atomic E-state index is 12.5. The summed E-state index contributed by atoms with van der Waals surface area (Å²) in [6.07, 6.45) is 0. The molecule has 22 heavy (non-hydrogen) atoms. The largest absolute Gasteiger partial charge is 0.328 e. The van der Waals surface area contributed by atoms with Crippen molar-refractivity contribution >= 4 is 44.3 Å². The lowest BCUT2D eigenvalue weighted by Gasteiger charge is -2.30. The second kappa shape index (κ2) is 6.54. The van der Waals surface area contributed by atoms with E-state index >= 15 is 0 Å². The van der Waals surface area contributed by atoms with Crippen molar-refractivity contribution in [1.82, 2.24) is 9.29 Å². The monoisotopic (exact) mass is 378 g/mol. The summed E-state index contributed by atoms with van der Waals surface area (Å²) in [7, 11) is -3.39. The normalized spacial score (nSPS) is 17.9. The van der Waals surface area contributed by atoms with Crippen molar-refractivity contribution in [1.29, 1.82) is 0 Å². The van der Waals surface area contributed by atoms with Crippen LogP contribution >= 0.6 is 34.3 Å². The number of piperazine rings is 1. The highest BCUT2D eigenvalue weighted by atomic mass is 35.5. The van der Waals surface area contributed by atoms with Gasteiger partial charge in [0.05, 0.1) is 35.5 Å². The number of halogens is 1. The molecule has 5 nitrogen and oxygen atoms in total. The number of thiazole rings is 1. The summed E-state index contributed by atoms with van der Waals surface area (Å²) >= 11 is 8.62. The molecule has 1 aliphatic rings. The van der Waals surface area contributed by atoms with E-state index < -0.39 is 10.0 Å². The number of hydrogen-bond acceptors (Lipinski definition) is 5. The van der Waals surface area contributed by atoms with Crippen LogP contribution in [0.15, 0.2) is 21.7 Å². The van der Waals surface area contributed by atoms with Gasteiger partial charge in [0, 0.05) is 5.38 Å². The molecule has 120 valence electrons. The SMILES string of the molecule is Cc1nc(C[NH+]2CCN(S(=O)(=O)c3ccc(Cl)s3)CC2)cs1. The number of rotatable bonds is 4. The summed E-state index contributed by atoms with van der Waals surface area (Å²) in [6, 6.07) is 3.21. The molecule has 0 unspecified atom stereocenters. The van der Waals surface area contributed by atoms with Gasteiger partial charge >= 0.3 is 0 Å². The van der Waals surface area contributed by atoms with E-state index in [1.165, 1.54) is 4.90 Å². The number of quaternary nitrogens is 1. The lowest BCUT2D eigenvalue weighted by Crippen LogP contribution is -3.13. The fourth-order valence-electron chi connectivity index (χ4n) is 2.53. The zero-order valence-electron chi connectivity index (χ0n) is 12.1. The van der Waals surface area contributed by atoms with Gasteiger partial charge in [0.1, 0.15) is 16.4 Å². The van der Waals surface area contributed by atoms with Gasteiger partial charge in [0.2, 0.25) is 0 Å². The smallest absolute Gasteiger partial charge is 0.253 e. The summed E-state index contributed by atoms with van der Waals surface area (Å²) in [5, 5.41) is 3.16. The first-order chi connectivity index (χ1) is 10.4. The Bertz CT molecular complexity index is 748. The first-order valence-corrected chi connectivity index (χ1v) is 10.5. The maximum Gasteiger partial charge on any atom is 0.253 e. The van der Waals surface area contributed by atoms with Crippen LogP contribution in [0.3, 0.4) is 0 Å². The third kappa shape index (κ3) is 3.52. The number of thiophene rings is 1. The Balaban J connectivity index is 1.61. The molecule has 9 heteroatoms. The average molecular weight is 379 g/mol. The van der Waals surface area contributed by atoms with Gasteiger partial charge in [-0.05, 0) is 19.1 Å². The maximum absolute atomic E-state index is 12.5. The Kier molecular flexibility index (Phi) is 4.86. The topological polar surface area (TPSA) is 54.7 Å². The zero-order chi connectivity index (χ0) is 15.7. The van der Waals surface area contributed by atoms with E-state index in [1.807, 2.05) is 6.92 Å². The molecule has 0 amide bonds. The van der Waals surface area contributed by atoms with Crippen LogP contribution in [0.1, 0.15) is 10.7 Å². The van der Waals surface area contributed by atoms with Crippen LogP contribution in [0.5, 0.6) is 0 Å². The molecule has 1 saturated heterocycles. The van der Waals surface area contributed by atoms with Crippen LogP contribution in [0, 0.1) is 6.92 Å². The van der Waals surface area contributed by atoms with Crippen molar-refractivity contribution in [2.45, 2.75) is 17.7 Å². The highest BCUT2D eigenvalue weighted by Gasteiger charge is 2.31. The minimum absolute atomic E-state index is 0.330. The van der Waals surface area contributed by atoms with Gasteiger partial charge in [-0.2, -0.15) is 4.31 Å². The highest BCUT2D eigenvalue weighted by Crippen LogP contribution is 2.28. The Labute approximate surface area is 143 Å². The van der Waals surface area contributed by atoms with Crippen LogP contribution in [-0.4, -0.2) is 43.9 Å². The number of sulfonamides is 1. The molecule has 2 aromatic heterocycles. The highest BCUT2D eigenvalue weighted by molar-refractivity contribution is 7.91. The van der Waals surface area contributed by atoms with Gasteiger partial charge in [0.15, 0.2) is 0 Å². The first kappa shape index (κ1) is 16.4. The molecular formula is C13H17ClN3O2S3+. The molecule has 1 fully saturated rings. The lowest BCUT2D eigenvalue weighted by molar-refractivity contribution is -0.917. The number of nitrogens with one attached hydrogen (secondary N) is 1. The van der Waals surface area contributed by atoms with Crippen LogP contribution in [0.25, 0.3) is 0 Å². The Morgan fingerprint density at radius 2 is 2.09 bits per heavy atom. The molecule has 0 spiro atoms. The van der Waals surface area contributed by atoms with Crippen LogP contribution in [-0.2, 0) is 16.6 Å². The molecule has 0 radical (unpaired) electrons. The van der Waals surface area contributed by atoms with Gasteiger partial charge in [-0.1, -0.05) is 11.6 Å². The molecule has 1 aliphatic heterocycles. The molecular weight excluding hydrogens is 362 g/mol. The van der Waals surface area contributed by atoms with E-state index in [1.54, 1.807) is 27.8 Å². The van der Waals surface area contributed by atoms with Gasteiger partial charge in [-0.25, -0.2) is 13.4 Å². The fraction of sp³-hybridized carbons (Fsp3) is 0.462. The summed E-state index contributed by atoms with van der Waals surface area (Å²) in [5.41, 5.74) is 1.10. The van der Waals surface area contributed by atoms with Crippen molar-refractivity contribution in [2.24, 2.45) is 0 Å². The number of hydrogen-bond donors (Lipinski definition) is 1. The van der Waals surface area contributed by atoms with E-state index in [4.69, 9.17) is 11.6 Å². The van der Waals surface area contributed by atoms with Gasteiger partial charge in [-0.15, -0.1) is 22.7 Å². The predicted molar refractivity (Wildman–Crippen MR) is 89.3 cm³/mol. The van der Waals surface area contributed by atoms with E-state index in [0.717, 1.165) is 41.7 Å². The summed E-state index contributed by atoms with van der Waals surface area (Å²) in [6.45, 7) is 5.54.